The van der Waals surface area contributed by atoms with Crippen molar-refractivity contribution in [1.29, 1.82) is 0 Å². The first kappa shape index (κ1) is 13.5. The molecule has 5 nitrogen and oxygen atoms in total. The van der Waals surface area contributed by atoms with E-state index in [9.17, 15) is 9.59 Å². The molecule has 0 fully saturated rings. The normalized spacial score (nSPS) is 9.88. The third-order valence-corrected chi connectivity index (χ3v) is 2.27. The van der Waals surface area contributed by atoms with Gasteiger partial charge in [0.2, 0.25) is 0 Å². The molecule has 0 radical (unpaired) electrons. The first-order chi connectivity index (χ1) is 7.97. The number of carbonyl (C=O) groups is 2. The van der Waals surface area contributed by atoms with Gasteiger partial charge in [0.25, 0.3) is 5.91 Å². The Morgan fingerprint density at radius 1 is 1.18 bits per heavy atom. The molecule has 0 saturated heterocycles. The maximum Gasteiger partial charge on any atom is 0.351 e. The van der Waals surface area contributed by atoms with Crippen LogP contribution in [0, 0.1) is 0 Å². The van der Waals surface area contributed by atoms with Crippen molar-refractivity contribution in [2.24, 2.45) is 0 Å². The number of carbonyl (C=O) groups excluding carboxylic acids is 2. The molecule has 6 heteroatoms. The van der Waals surface area contributed by atoms with Crippen LogP contribution in [0.15, 0.2) is 24.3 Å². The number of rotatable bonds is 2. The Hall–Kier alpha value is -1.59. The Morgan fingerprint density at radius 2 is 1.71 bits per heavy atom. The smallest absolute Gasteiger partial charge is 0.329 e. The topological polar surface area (TPSA) is 49.9 Å². The Kier molecular flexibility index (Phi) is 4.48. The SMILES string of the molecule is CON(C(=O)c1ccc(Cl)cc1)C(=O)N(C)C. The largest absolute Gasteiger partial charge is 0.351 e. The maximum absolute atomic E-state index is 11.9. The van der Waals surface area contributed by atoms with E-state index in [-0.39, 0.29) is 0 Å². The zero-order valence-corrected chi connectivity index (χ0v) is 10.6. The molecule has 0 aliphatic rings. The molecule has 0 saturated carbocycles. The molecule has 3 amide bonds. The lowest BCUT2D eigenvalue weighted by molar-refractivity contribution is -0.0655. The van der Waals surface area contributed by atoms with Gasteiger partial charge in [0, 0.05) is 24.7 Å². The molecule has 0 spiro atoms. The van der Waals surface area contributed by atoms with Crippen LogP contribution in [0.2, 0.25) is 5.02 Å². The van der Waals surface area contributed by atoms with Crippen molar-refractivity contribution >= 4 is 23.5 Å². The lowest BCUT2D eigenvalue weighted by atomic mass is 10.2. The number of urea groups is 1. The predicted octanol–water partition coefficient (Wildman–Crippen LogP) is 2.03. The molecule has 92 valence electrons. The molecule has 1 rings (SSSR count). The molecule has 0 heterocycles. The van der Waals surface area contributed by atoms with Crippen LogP contribution in [0.25, 0.3) is 0 Å². The summed E-state index contributed by atoms with van der Waals surface area (Å²) in [4.78, 5) is 29.6. The lowest BCUT2D eigenvalue weighted by Gasteiger charge is -2.21. The van der Waals surface area contributed by atoms with E-state index in [2.05, 4.69) is 0 Å². The second kappa shape index (κ2) is 5.65. The van der Waals surface area contributed by atoms with E-state index >= 15 is 0 Å². The summed E-state index contributed by atoms with van der Waals surface area (Å²) in [6.45, 7) is 0. The number of nitrogens with zero attached hydrogens (tertiary/aromatic N) is 2. The van der Waals surface area contributed by atoms with E-state index < -0.39 is 11.9 Å². The maximum atomic E-state index is 11.9. The minimum Gasteiger partial charge on any atom is -0.329 e. The van der Waals surface area contributed by atoms with Crippen LogP contribution in [0.3, 0.4) is 0 Å². The molecule has 1 aromatic rings. The van der Waals surface area contributed by atoms with Gasteiger partial charge in [0.15, 0.2) is 0 Å². The lowest BCUT2D eigenvalue weighted by Crippen LogP contribution is -2.42. The zero-order valence-electron chi connectivity index (χ0n) is 9.81. The Bertz CT molecular complexity index is 417. The van der Waals surface area contributed by atoms with Crippen LogP contribution < -0.4 is 0 Å². The van der Waals surface area contributed by atoms with Crippen LogP contribution in [-0.4, -0.2) is 43.1 Å². The average Bonchev–Trinajstić information content (AvgIpc) is 2.30. The molecule has 0 N–H and O–H groups in total. The fourth-order valence-corrected chi connectivity index (χ4v) is 1.27. The first-order valence-electron chi connectivity index (χ1n) is 4.82. The number of hydroxylamine groups is 2. The minimum atomic E-state index is -0.549. The molecule has 0 aliphatic heterocycles. The van der Waals surface area contributed by atoms with Crippen molar-refractivity contribution in [3.05, 3.63) is 34.9 Å². The van der Waals surface area contributed by atoms with Gasteiger partial charge in [-0.2, -0.15) is 0 Å². The summed E-state index contributed by atoms with van der Waals surface area (Å²) in [5, 5.41) is 1.20. The van der Waals surface area contributed by atoms with Gasteiger partial charge in [-0.3, -0.25) is 9.63 Å². The van der Waals surface area contributed by atoms with Crippen LogP contribution in [-0.2, 0) is 4.84 Å². The summed E-state index contributed by atoms with van der Waals surface area (Å²) in [7, 11) is 4.32. The van der Waals surface area contributed by atoms with Crippen molar-refractivity contribution < 1.29 is 14.4 Å². The van der Waals surface area contributed by atoms with Crippen LogP contribution in [0.5, 0.6) is 0 Å². The highest BCUT2D eigenvalue weighted by atomic mass is 35.5. The molecule has 1 aromatic carbocycles. The summed E-state index contributed by atoms with van der Waals surface area (Å²) in [6.07, 6.45) is 0. The van der Waals surface area contributed by atoms with E-state index in [0.29, 0.717) is 15.6 Å². The molecular formula is C11H13ClN2O3. The predicted molar refractivity (Wildman–Crippen MR) is 63.7 cm³/mol. The van der Waals surface area contributed by atoms with Crippen LogP contribution in [0.1, 0.15) is 10.4 Å². The summed E-state index contributed by atoms with van der Waals surface area (Å²) in [5.74, 6) is -0.539. The van der Waals surface area contributed by atoms with Crippen molar-refractivity contribution in [1.82, 2.24) is 9.96 Å². The van der Waals surface area contributed by atoms with Crippen molar-refractivity contribution in [2.75, 3.05) is 21.2 Å². The third kappa shape index (κ3) is 3.18. The van der Waals surface area contributed by atoms with E-state index in [0.717, 1.165) is 0 Å². The Morgan fingerprint density at radius 3 is 2.12 bits per heavy atom. The summed E-state index contributed by atoms with van der Waals surface area (Å²) < 4.78 is 0. The molecule has 0 bridgehead atoms. The van der Waals surface area contributed by atoms with Gasteiger partial charge in [-0.15, -0.1) is 5.06 Å². The van der Waals surface area contributed by atoms with Gasteiger partial charge < -0.3 is 4.90 Å². The molecule has 0 aliphatic carbocycles. The second-order valence-electron chi connectivity index (χ2n) is 3.47. The molecule has 0 unspecified atom stereocenters. The molecule has 0 atom stereocenters. The van der Waals surface area contributed by atoms with E-state index in [1.54, 1.807) is 12.1 Å². The Labute approximate surface area is 104 Å². The highest BCUT2D eigenvalue weighted by molar-refractivity contribution is 6.30. The highest BCUT2D eigenvalue weighted by Crippen LogP contribution is 2.12. The number of halogens is 1. The van der Waals surface area contributed by atoms with Crippen LogP contribution in [0.4, 0.5) is 4.79 Å². The van der Waals surface area contributed by atoms with Crippen LogP contribution >= 0.6 is 11.6 Å². The number of hydrogen-bond donors (Lipinski definition) is 0. The standard InChI is InChI=1S/C11H13ClN2O3/c1-13(2)11(16)14(17-3)10(15)8-4-6-9(12)7-5-8/h4-7H,1-3H3. The van der Waals surface area contributed by atoms with Gasteiger partial charge in [-0.1, -0.05) is 11.6 Å². The highest BCUT2D eigenvalue weighted by Gasteiger charge is 2.24. The van der Waals surface area contributed by atoms with Gasteiger partial charge in [-0.05, 0) is 24.3 Å². The Balaban J connectivity index is 2.94. The van der Waals surface area contributed by atoms with E-state index in [1.807, 2.05) is 0 Å². The van der Waals surface area contributed by atoms with E-state index in [4.69, 9.17) is 16.4 Å². The van der Waals surface area contributed by atoms with Gasteiger partial charge in [0.05, 0.1) is 7.11 Å². The quantitative estimate of drug-likeness (QED) is 0.761. The van der Waals surface area contributed by atoms with Crippen molar-refractivity contribution in [2.45, 2.75) is 0 Å². The number of amides is 3. The number of benzene rings is 1. The van der Waals surface area contributed by atoms with Gasteiger partial charge >= 0.3 is 6.03 Å². The summed E-state index contributed by atoms with van der Waals surface area (Å²) >= 11 is 5.71. The fraction of sp³-hybridized carbons (Fsp3) is 0.273. The van der Waals surface area contributed by atoms with E-state index in [1.165, 1.54) is 38.2 Å². The van der Waals surface area contributed by atoms with Gasteiger partial charge in [0.1, 0.15) is 0 Å². The second-order valence-corrected chi connectivity index (χ2v) is 3.90. The average molecular weight is 257 g/mol. The van der Waals surface area contributed by atoms with Gasteiger partial charge in [-0.25, -0.2) is 4.79 Å². The molecular weight excluding hydrogens is 244 g/mol. The third-order valence-electron chi connectivity index (χ3n) is 2.01. The molecule has 0 aromatic heterocycles. The van der Waals surface area contributed by atoms with Crippen molar-refractivity contribution in [3.8, 4) is 0 Å². The monoisotopic (exact) mass is 256 g/mol. The minimum absolute atomic E-state index is 0.325. The number of imide groups is 1. The number of hydrogen-bond acceptors (Lipinski definition) is 3. The fourth-order valence-electron chi connectivity index (χ4n) is 1.14. The zero-order chi connectivity index (χ0) is 13.0. The summed E-state index contributed by atoms with van der Waals surface area (Å²) in [5.41, 5.74) is 0.325. The summed E-state index contributed by atoms with van der Waals surface area (Å²) in [6, 6.07) is 5.65. The molecule has 17 heavy (non-hydrogen) atoms. The van der Waals surface area contributed by atoms with Crippen molar-refractivity contribution in [3.63, 3.8) is 0 Å². The first-order valence-corrected chi connectivity index (χ1v) is 5.20.